The zero-order chi connectivity index (χ0) is 22.8. The molecule has 0 spiro atoms. The summed E-state index contributed by atoms with van der Waals surface area (Å²) in [5.74, 6) is 0.0247. The Balaban J connectivity index is 1.68. The molecule has 1 unspecified atom stereocenters. The first kappa shape index (κ1) is 21.8. The third-order valence-corrected chi connectivity index (χ3v) is 5.55. The Bertz CT molecular complexity index is 1190. The number of aliphatic imine (C=N–C) groups is 1. The summed E-state index contributed by atoms with van der Waals surface area (Å²) in [4.78, 5) is 26.9. The monoisotopic (exact) mass is 435 g/mol. The van der Waals surface area contributed by atoms with Crippen molar-refractivity contribution in [1.29, 1.82) is 0 Å². The first-order chi connectivity index (χ1) is 15.4. The average molecular weight is 436 g/mol. The Hall–Kier alpha value is -3.46. The molecule has 8 nitrogen and oxygen atoms in total. The highest BCUT2D eigenvalue weighted by Gasteiger charge is 2.24. The standard InChI is InChI=1S/C23H26FN7O/c1-13(2)27-15-8-9-31(12-15)20-7-6-18-19(29-20)5-4-17(28-18)16-10-14(11-26-3)22(25)21(24)23(16)30-32/h4-7,10-11,13,15,27H,8-9,12,25H2,1-3H3. The van der Waals surface area contributed by atoms with Gasteiger partial charge in [0, 0.05) is 49.6 Å². The zero-order valence-electron chi connectivity index (χ0n) is 18.3. The Morgan fingerprint density at radius 2 is 2.00 bits per heavy atom. The largest absolute Gasteiger partial charge is 0.396 e. The van der Waals surface area contributed by atoms with Crippen LogP contribution in [0.1, 0.15) is 25.8 Å². The van der Waals surface area contributed by atoms with Crippen molar-refractivity contribution in [1.82, 2.24) is 15.3 Å². The molecule has 0 radical (unpaired) electrons. The Morgan fingerprint density at radius 3 is 2.72 bits per heavy atom. The van der Waals surface area contributed by atoms with E-state index in [2.05, 4.69) is 39.2 Å². The number of pyridine rings is 2. The van der Waals surface area contributed by atoms with Crippen LogP contribution in [-0.2, 0) is 0 Å². The van der Waals surface area contributed by atoms with E-state index in [0.717, 1.165) is 30.8 Å². The zero-order valence-corrected chi connectivity index (χ0v) is 18.3. The van der Waals surface area contributed by atoms with Crippen LogP contribution in [0.3, 0.4) is 0 Å². The molecule has 0 bridgehead atoms. The lowest BCUT2D eigenvalue weighted by Gasteiger charge is -2.19. The minimum Gasteiger partial charge on any atom is -0.396 e. The van der Waals surface area contributed by atoms with Crippen LogP contribution in [0, 0.1) is 10.7 Å². The lowest BCUT2D eigenvalue weighted by molar-refractivity contribution is 0.492. The summed E-state index contributed by atoms with van der Waals surface area (Å²) < 4.78 is 14.7. The van der Waals surface area contributed by atoms with Crippen molar-refractivity contribution in [3.05, 3.63) is 46.6 Å². The third-order valence-electron chi connectivity index (χ3n) is 5.55. The molecular weight excluding hydrogens is 409 g/mol. The molecule has 4 rings (SSSR count). The second kappa shape index (κ2) is 8.96. The van der Waals surface area contributed by atoms with Gasteiger partial charge < -0.3 is 16.0 Å². The summed E-state index contributed by atoms with van der Waals surface area (Å²) in [6.45, 7) is 6.14. The predicted molar refractivity (Wildman–Crippen MR) is 127 cm³/mol. The van der Waals surface area contributed by atoms with Crippen LogP contribution >= 0.6 is 0 Å². The molecule has 1 saturated heterocycles. The predicted octanol–water partition coefficient (Wildman–Crippen LogP) is 4.04. The number of nitrogens with two attached hydrogens (primary N) is 1. The van der Waals surface area contributed by atoms with E-state index in [-0.39, 0.29) is 16.9 Å². The van der Waals surface area contributed by atoms with Crippen molar-refractivity contribution in [2.24, 2.45) is 10.2 Å². The van der Waals surface area contributed by atoms with Gasteiger partial charge in [-0.25, -0.2) is 14.4 Å². The van der Waals surface area contributed by atoms with Gasteiger partial charge in [-0.15, -0.1) is 4.91 Å². The number of nitrogens with zero attached hydrogens (tertiary/aromatic N) is 5. The van der Waals surface area contributed by atoms with Gasteiger partial charge in [-0.3, -0.25) is 4.99 Å². The molecule has 3 heterocycles. The van der Waals surface area contributed by atoms with Crippen LogP contribution in [0.2, 0.25) is 0 Å². The number of aromatic nitrogens is 2. The van der Waals surface area contributed by atoms with Gasteiger partial charge in [-0.05, 0) is 41.9 Å². The Kier molecular flexibility index (Phi) is 6.09. The smallest absolute Gasteiger partial charge is 0.176 e. The van der Waals surface area contributed by atoms with Gasteiger partial charge >= 0.3 is 0 Å². The first-order valence-electron chi connectivity index (χ1n) is 10.6. The Labute approximate surface area is 185 Å². The number of anilines is 2. The van der Waals surface area contributed by atoms with E-state index in [9.17, 15) is 9.30 Å². The van der Waals surface area contributed by atoms with Gasteiger partial charge in [-0.2, -0.15) is 0 Å². The van der Waals surface area contributed by atoms with Crippen molar-refractivity contribution in [3.8, 4) is 11.3 Å². The number of benzene rings is 1. The second-order valence-corrected chi connectivity index (χ2v) is 8.23. The van der Waals surface area contributed by atoms with Gasteiger partial charge in [0.2, 0.25) is 0 Å². The number of nitroso groups, excluding NO2 is 1. The van der Waals surface area contributed by atoms with Crippen LogP contribution in [0.25, 0.3) is 22.3 Å². The molecule has 3 aromatic rings. The van der Waals surface area contributed by atoms with Crippen molar-refractivity contribution in [2.45, 2.75) is 32.4 Å². The molecule has 1 aliphatic rings. The topological polar surface area (TPSA) is 109 Å². The number of hydrogen-bond acceptors (Lipinski definition) is 8. The lowest BCUT2D eigenvalue weighted by Crippen LogP contribution is -2.37. The van der Waals surface area contributed by atoms with Gasteiger partial charge in [0.15, 0.2) is 11.5 Å². The quantitative estimate of drug-likeness (QED) is 0.344. The van der Waals surface area contributed by atoms with Crippen molar-refractivity contribution < 1.29 is 4.39 Å². The van der Waals surface area contributed by atoms with Crippen LogP contribution < -0.4 is 16.0 Å². The molecule has 3 N–H and O–H groups in total. The molecule has 0 amide bonds. The molecule has 2 aromatic heterocycles. The average Bonchev–Trinajstić information content (AvgIpc) is 3.24. The number of nitrogens with one attached hydrogen (secondary N) is 1. The fraction of sp³-hybridized carbons (Fsp3) is 0.348. The molecule has 0 aliphatic carbocycles. The molecule has 166 valence electrons. The maximum absolute atomic E-state index is 14.7. The lowest BCUT2D eigenvalue weighted by atomic mass is 10.0. The first-order valence-corrected chi connectivity index (χ1v) is 10.6. The maximum atomic E-state index is 14.7. The molecular formula is C23H26FN7O. The van der Waals surface area contributed by atoms with E-state index >= 15 is 0 Å². The second-order valence-electron chi connectivity index (χ2n) is 8.23. The Morgan fingerprint density at radius 1 is 1.25 bits per heavy atom. The normalized spacial score (nSPS) is 16.5. The highest BCUT2D eigenvalue weighted by atomic mass is 19.1. The number of halogens is 1. The van der Waals surface area contributed by atoms with Gasteiger partial charge in [0.1, 0.15) is 5.82 Å². The third kappa shape index (κ3) is 4.16. The molecule has 9 heteroatoms. The summed E-state index contributed by atoms with van der Waals surface area (Å²) in [5.41, 5.74) is 7.65. The number of fused-ring (bicyclic) bond motifs is 1. The molecule has 1 aromatic carbocycles. The molecule has 32 heavy (non-hydrogen) atoms. The highest BCUT2D eigenvalue weighted by Crippen LogP contribution is 2.37. The minimum atomic E-state index is -0.874. The summed E-state index contributed by atoms with van der Waals surface area (Å²) in [7, 11) is 1.56. The van der Waals surface area contributed by atoms with Gasteiger partial charge in [0.25, 0.3) is 0 Å². The van der Waals surface area contributed by atoms with Crippen molar-refractivity contribution >= 4 is 34.4 Å². The summed E-state index contributed by atoms with van der Waals surface area (Å²) in [6, 6.07) is 9.82. The van der Waals surface area contributed by atoms with Crippen LogP contribution in [0.5, 0.6) is 0 Å². The van der Waals surface area contributed by atoms with E-state index in [0.29, 0.717) is 28.9 Å². The minimum absolute atomic E-state index is 0.170. The van der Waals surface area contributed by atoms with Gasteiger partial charge in [-0.1, -0.05) is 13.8 Å². The summed E-state index contributed by atoms with van der Waals surface area (Å²) >= 11 is 0. The van der Waals surface area contributed by atoms with Crippen LogP contribution in [-0.4, -0.2) is 48.4 Å². The highest BCUT2D eigenvalue weighted by molar-refractivity contribution is 5.93. The van der Waals surface area contributed by atoms with E-state index in [1.54, 1.807) is 19.2 Å². The van der Waals surface area contributed by atoms with E-state index in [1.807, 2.05) is 18.2 Å². The number of hydrogen-bond donors (Lipinski definition) is 2. The van der Waals surface area contributed by atoms with Crippen LogP contribution in [0.15, 0.2) is 40.5 Å². The van der Waals surface area contributed by atoms with E-state index in [1.165, 1.54) is 6.21 Å². The number of rotatable bonds is 6. The van der Waals surface area contributed by atoms with Crippen LogP contribution in [0.4, 0.5) is 21.6 Å². The maximum Gasteiger partial charge on any atom is 0.176 e. The number of nitrogen functional groups attached to an aromatic ring is 1. The van der Waals surface area contributed by atoms with E-state index in [4.69, 9.17) is 10.7 Å². The summed E-state index contributed by atoms with van der Waals surface area (Å²) in [6.07, 6.45) is 2.51. The molecule has 1 fully saturated rings. The summed E-state index contributed by atoms with van der Waals surface area (Å²) in [5, 5.41) is 6.44. The van der Waals surface area contributed by atoms with Crippen molar-refractivity contribution in [2.75, 3.05) is 30.8 Å². The fourth-order valence-corrected chi connectivity index (χ4v) is 4.11. The SMILES string of the molecule is CN=Cc1cc(-c2ccc3nc(N4CCC(NC(C)C)C4)ccc3n2)c(N=O)c(F)c1N. The van der Waals surface area contributed by atoms with Crippen molar-refractivity contribution in [3.63, 3.8) is 0 Å². The fourth-order valence-electron chi connectivity index (χ4n) is 4.11. The molecule has 1 atom stereocenters. The van der Waals surface area contributed by atoms with Gasteiger partial charge in [0.05, 0.1) is 22.4 Å². The van der Waals surface area contributed by atoms with E-state index < -0.39 is 5.82 Å². The molecule has 1 aliphatic heterocycles. The molecule has 0 saturated carbocycles.